The van der Waals surface area contributed by atoms with Crippen LogP contribution in [0, 0.1) is 0 Å². The Morgan fingerprint density at radius 2 is 2.14 bits per heavy atom. The highest BCUT2D eigenvalue weighted by atomic mass is 35.5. The van der Waals surface area contributed by atoms with Crippen LogP contribution in [0.2, 0.25) is 10.3 Å². The molecular formula is C10H10Cl2N2. The molecule has 1 aromatic carbocycles. The molecule has 74 valence electrons. The van der Waals surface area contributed by atoms with Crippen molar-refractivity contribution >= 4 is 34.2 Å². The van der Waals surface area contributed by atoms with Crippen LogP contribution in [0.1, 0.15) is 13.3 Å². The maximum atomic E-state index is 6.01. The standard InChI is InChI=1S/C10H10Cl2N2/c1-2-6-14-8-5-3-4-7(11)9(8)13-10(14)12/h3-5H,2,6H2,1H3. The van der Waals surface area contributed by atoms with Gasteiger partial charge in [-0.05, 0) is 30.2 Å². The molecule has 2 rings (SSSR count). The lowest BCUT2D eigenvalue weighted by molar-refractivity contribution is 0.698. The number of hydrogen-bond donors (Lipinski definition) is 0. The number of halogens is 2. The maximum absolute atomic E-state index is 6.01. The van der Waals surface area contributed by atoms with Crippen molar-refractivity contribution in [2.24, 2.45) is 0 Å². The lowest BCUT2D eigenvalue weighted by atomic mass is 10.3. The second-order valence-corrected chi connectivity index (χ2v) is 3.89. The van der Waals surface area contributed by atoms with Crippen LogP contribution in [0.15, 0.2) is 18.2 Å². The van der Waals surface area contributed by atoms with E-state index in [-0.39, 0.29) is 0 Å². The summed E-state index contributed by atoms with van der Waals surface area (Å²) in [6.45, 7) is 2.97. The van der Waals surface area contributed by atoms with Crippen LogP contribution in [-0.2, 0) is 6.54 Å². The summed E-state index contributed by atoms with van der Waals surface area (Å²) in [7, 11) is 0. The normalized spacial score (nSPS) is 11.1. The van der Waals surface area contributed by atoms with Gasteiger partial charge in [0.25, 0.3) is 0 Å². The van der Waals surface area contributed by atoms with E-state index >= 15 is 0 Å². The molecule has 2 aromatic rings. The van der Waals surface area contributed by atoms with Crippen LogP contribution < -0.4 is 0 Å². The fourth-order valence-electron chi connectivity index (χ4n) is 1.52. The SMILES string of the molecule is CCCn1c(Cl)nc2c(Cl)cccc21. The third kappa shape index (κ3) is 1.49. The second kappa shape index (κ2) is 3.79. The second-order valence-electron chi connectivity index (χ2n) is 3.14. The molecule has 0 spiro atoms. The van der Waals surface area contributed by atoms with Crippen LogP contribution in [0.5, 0.6) is 0 Å². The van der Waals surface area contributed by atoms with Gasteiger partial charge in [-0.2, -0.15) is 0 Å². The zero-order valence-corrected chi connectivity index (χ0v) is 9.31. The molecule has 0 radical (unpaired) electrons. The van der Waals surface area contributed by atoms with Crippen molar-refractivity contribution in [2.75, 3.05) is 0 Å². The van der Waals surface area contributed by atoms with Gasteiger partial charge in [0.05, 0.1) is 10.5 Å². The summed E-state index contributed by atoms with van der Waals surface area (Å²) in [5.74, 6) is 0. The van der Waals surface area contributed by atoms with Crippen LogP contribution >= 0.6 is 23.2 Å². The Hall–Kier alpha value is -0.730. The Kier molecular flexibility index (Phi) is 2.66. The van der Waals surface area contributed by atoms with Crippen LogP contribution in [0.25, 0.3) is 11.0 Å². The molecule has 0 unspecified atom stereocenters. The molecule has 0 bridgehead atoms. The van der Waals surface area contributed by atoms with Gasteiger partial charge in [0.1, 0.15) is 5.52 Å². The first-order valence-electron chi connectivity index (χ1n) is 4.54. The first-order chi connectivity index (χ1) is 6.74. The van der Waals surface area contributed by atoms with Gasteiger partial charge >= 0.3 is 0 Å². The Morgan fingerprint density at radius 1 is 1.36 bits per heavy atom. The van der Waals surface area contributed by atoms with Gasteiger partial charge < -0.3 is 4.57 Å². The van der Waals surface area contributed by atoms with Gasteiger partial charge in [-0.25, -0.2) is 4.98 Å². The number of hydrogen-bond acceptors (Lipinski definition) is 1. The van der Waals surface area contributed by atoms with E-state index in [1.54, 1.807) is 0 Å². The van der Waals surface area contributed by atoms with E-state index in [0.29, 0.717) is 10.3 Å². The Morgan fingerprint density at radius 3 is 2.86 bits per heavy atom. The molecule has 0 aliphatic rings. The van der Waals surface area contributed by atoms with Gasteiger partial charge in [0.15, 0.2) is 0 Å². The van der Waals surface area contributed by atoms with Gasteiger partial charge in [0, 0.05) is 6.54 Å². The number of nitrogens with zero attached hydrogens (tertiary/aromatic N) is 2. The molecule has 2 nitrogen and oxygen atoms in total. The Balaban J connectivity index is 2.70. The summed E-state index contributed by atoms with van der Waals surface area (Å²) in [6.07, 6.45) is 1.03. The molecule has 0 N–H and O–H groups in total. The molecule has 0 atom stereocenters. The quantitative estimate of drug-likeness (QED) is 0.766. The average Bonchev–Trinajstić information content (AvgIpc) is 2.47. The number of para-hydroxylation sites is 1. The number of aryl methyl sites for hydroxylation is 1. The Bertz CT molecular complexity index is 462. The molecule has 0 aliphatic heterocycles. The fourth-order valence-corrected chi connectivity index (χ4v) is 1.99. The minimum atomic E-state index is 0.509. The van der Waals surface area contributed by atoms with Crippen LogP contribution in [-0.4, -0.2) is 9.55 Å². The molecule has 0 saturated carbocycles. The number of aromatic nitrogens is 2. The summed E-state index contributed by atoms with van der Waals surface area (Å²) in [4.78, 5) is 4.23. The van der Waals surface area contributed by atoms with E-state index in [4.69, 9.17) is 23.2 Å². The van der Waals surface area contributed by atoms with E-state index in [0.717, 1.165) is 24.0 Å². The van der Waals surface area contributed by atoms with Crippen molar-refractivity contribution in [3.8, 4) is 0 Å². The minimum absolute atomic E-state index is 0.509. The topological polar surface area (TPSA) is 17.8 Å². The lowest BCUT2D eigenvalue weighted by Crippen LogP contribution is -1.95. The predicted octanol–water partition coefficient (Wildman–Crippen LogP) is 3.75. The number of fused-ring (bicyclic) bond motifs is 1. The molecule has 14 heavy (non-hydrogen) atoms. The number of rotatable bonds is 2. The summed E-state index contributed by atoms with van der Waals surface area (Å²) in [5, 5.41) is 1.16. The van der Waals surface area contributed by atoms with Gasteiger partial charge in [-0.1, -0.05) is 24.6 Å². The molecule has 4 heteroatoms. The van der Waals surface area contributed by atoms with Crippen molar-refractivity contribution in [3.05, 3.63) is 28.5 Å². The minimum Gasteiger partial charge on any atom is -0.315 e. The maximum Gasteiger partial charge on any atom is 0.203 e. The Labute approximate surface area is 92.5 Å². The molecule has 1 aromatic heterocycles. The van der Waals surface area contributed by atoms with Gasteiger partial charge in [-0.3, -0.25) is 0 Å². The summed E-state index contributed by atoms with van der Waals surface area (Å²) >= 11 is 12.0. The third-order valence-electron chi connectivity index (χ3n) is 2.13. The molecule has 0 fully saturated rings. The molecule has 1 heterocycles. The van der Waals surface area contributed by atoms with Crippen molar-refractivity contribution < 1.29 is 0 Å². The molecular weight excluding hydrogens is 219 g/mol. The zero-order chi connectivity index (χ0) is 10.1. The van der Waals surface area contributed by atoms with E-state index in [1.807, 2.05) is 22.8 Å². The summed E-state index contributed by atoms with van der Waals surface area (Å²) in [5.41, 5.74) is 1.79. The largest absolute Gasteiger partial charge is 0.315 e. The fraction of sp³-hybridized carbons (Fsp3) is 0.300. The highest BCUT2D eigenvalue weighted by Gasteiger charge is 2.09. The summed E-state index contributed by atoms with van der Waals surface area (Å²) in [6, 6.07) is 5.72. The van der Waals surface area contributed by atoms with Crippen molar-refractivity contribution in [3.63, 3.8) is 0 Å². The molecule has 0 aliphatic carbocycles. The predicted molar refractivity (Wildman–Crippen MR) is 60.0 cm³/mol. The number of imidazole rings is 1. The highest BCUT2D eigenvalue weighted by Crippen LogP contribution is 2.26. The van der Waals surface area contributed by atoms with E-state index < -0.39 is 0 Å². The summed E-state index contributed by atoms with van der Waals surface area (Å²) < 4.78 is 1.97. The van der Waals surface area contributed by atoms with Crippen molar-refractivity contribution in [1.82, 2.24) is 9.55 Å². The van der Waals surface area contributed by atoms with E-state index in [9.17, 15) is 0 Å². The van der Waals surface area contributed by atoms with E-state index in [2.05, 4.69) is 11.9 Å². The number of benzene rings is 1. The van der Waals surface area contributed by atoms with Crippen LogP contribution in [0.3, 0.4) is 0 Å². The van der Waals surface area contributed by atoms with E-state index in [1.165, 1.54) is 0 Å². The monoisotopic (exact) mass is 228 g/mol. The first kappa shape index (κ1) is 9.81. The highest BCUT2D eigenvalue weighted by molar-refractivity contribution is 6.35. The smallest absolute Gasteiger partial charge is 0.203 e. The molecule has 0 saturated heterocycles. The third-order valence-corrected chi connectivity index (χ3v) is 2.72. The van der Waals surface area contributed by atoms with Gasteiger partial charge in [-0.15, -0.1) is 0 Å². The molecule has 0 amide bonds. The first-order valence-corrected chi connectivity index (χ1v) is 5.30. The van der Waals surface area contributed by atoms with Crippen LogP contribution in [0.4, 0.5) is 0 Å². The zero-order valence-electron chi connectivity index (χ0n) is 7.80. The van der Waals surface area contributed by atoms with Gasteiger partial charge in [0.2, 0.25) is 5.28 Å². The van der Waals surface area contributed by atoms with Crippen molar-refractivity contribution in [2.45, 2.75) is 19.9 Å². The average molecular weight is 229 g/mol. The lowest BCUT2D eigenvalue weighted by Gasteiger charge is -2.02. The van der Waals surface area contributed by atoms with Crippen molar-refractivity contribution in [1.29, 1.82) is 0 Å².